The molecule has 6 rings (SSSR count). The fourth-order valence-electron chi connectivity index (χ4n) is 6.43. The molecule has 4 heterocycles. The first-order valence-corrected chi connectivity index (χ1v) is 23.3. The smallest absolute Gasteiger partial charge is 0.340 e. The Morgan fingerprint density at radius 1 is 0.785 bits per heavy atom. The van der Waals surface area contributed by atoms with Gasteiger partial charge in [-0.25, -0.2) is 45.2 Å². The number of nitrogens with one attached hydrogen (secondary N) is 2. The second-order valence-corrected chi connectivity index (χ2v) is 18.9. The van der Waals surface area contributed by atoms with E-state index in [-0.39, 0.29) is 88.8 Å². The number of carboxylic acids is 1. The molecule has 0 spiro atoms. The van der Waals surface area contributed by atoms with Crippen molar-refractivity contribution in [1.82, 2.24) is 19.4 Å². The molecule has 18 nitrogen and oxygen atoms in total. The zero-order valence-corrected chi connectivity index (χ0v) is 37.5. The second-order valence-electron chi connectivity index (χ2n) is 14.6. The van der Waals surface area contributed by atoms with E-state index in [1.54, 1.807) is 31.2 Å². The third-order valence-electron chi connectivity index (χ3n) is 9.84. The molecule has 3 N–H and O–H groups in total. The van der Waals surface area contributed by atoms with E-state index >= 15 is 0 Å². The van der Waals surface area contributed by atoms with Crippen molar-refractivity contribution in [2.24, 2.45) is 11.8 Å². The second kappa shape index (κ2) is 21.0. The van der Waals surface area contributed by atoms with Crippen LogP contribution < -0.4 is 19.2 Å². The highest BCUT2D eigenvalue weighted by molar-refractivity contribution is 7.89. The summed E-state index contributed by atoms with van der Waals surface area (Å²) in [6, 6.07) is 17.2. The Bertz CT molecular complexity index is 2830. The Morgan fingerprint density at radius 3 is 1.71 bits per heavy atom. The van der Waals surface area contributed by atoms with Crippen molar-refractivity contribution in [2.45, 2.75) is 38.7 Å². The van der Waals surface area contributed by atoms with Crippen molar-refractivity contribution in [2.75, 3.05) is 42.6 Å². The summed E-state index contributed by atoms with van der Waals surface area (Å²) < 4.78 is 85.0. The number of anilines is 2. The van der Waals surface area contributed by atoms with Gasteiger partial charge in [-0.2, -0.15) is 10.5 Å². The van der Waals surface area contributed by atoms with Crippen LogP contribution in [0.25, 0.3) is 0 Å². The minimum Gasteiger partial charge on any atom is -0.478 e. The van der Waals surface area contributed by atoms with E-state index in [9.17, 15) is 55.3 Å². The summed E-state index contributed by atoms with van der Waals surface area (Å²) in [6.07, 6.45) is 0. The number of ether oxygens (including phenoxy) is 1. The topological polar surface area (TPSA) is 270 Å². The number of sulfonamides is 2. The monoisotopic (exact) mass is 974 g/mol. The van der Waals surface area contributed by atoms with E-state index in [1.165, 1.54) is 34.1 Å². The molecule has 0 saturated carbocycles. The van der Waals surface area contributed by atoms with E-state index in [0.717, 1.165) is 11.6 Å². The van der Waals surface area contributed by atoms with Crippen molar-refractivity contribution in [1.29, 1.82) is 10.5 Å². The van der Waals surface area contributed by atoms with Gasteiger partial charge in [0.25, 0.3) is 0 Å². The Hall–Kier alpha value is -6.46. The third-order valence-corrected chi connectivity index (χ3v) is 12.9. The number of amides is 2. The fourth-order valence-corrected chi connectivity index (χ4v) is 9.37. The number of aromatic nitrogens is 2. The van der Waals surface area contributed by atoms with Crippen LogP contribution >= 0.6 is 23.2 Å². The minimum atomic E-state index is -4.03. The predicted molar refractivity (Wildman–Crippen MR) is 231 cm³/mol. The fraction of sp³-hybridized carbons (Fsp3) is 0.317. The zero-order chi connectivity index (χ0) is 47.8. The molecule has 0 unspecified atom stereocenters. The molecule has 342 valence electrons. The van der Waals surface area contributed by atoms with Gasteiger partial charge in [0.05, 0.1) is 63.6 Å². The van der Waals surface area contributed by atoms with Gasteiger partial charge in [-0.15, -0.1) is 0 Å². The lowest BCUT2D eigenvalue weighted by Crippen LogP contribution is -2.55. The molecule has 2 amide bonds. The average Bonchev–Trinajstić information content (AvgIpc) is 3.20. The number of rotatable bonds is 15. The standard InChI is InChI=1S/C21H19Cl2FN4O5S.C20H19FN4O5S/c1-2-33-21(30)16-5-13(8-25)19(26-18(16)7-24)28-9-14(10-28)20(29)27-34(31,32)11-12-3-4-15(22)6-17(12)23;1-12-2-4-13(5-3-12)11-31(29,30)24-19(26)15-9-25(10-15)18-14(8-22)6-16(20(27)28)17(7-21)23-18/h3-6,14H,2,7,9-11H2,1H3,(H,27,29);2-6,15H,7,9-11H2,1H3,(H,24,26)(H,27,28). The summed E-state index contributed by atoms with van der Waals surface area (Å²) in [7, 11) is -7.92. The summed E-state index contributed by atoms with van der Waals surface area (Å²) in [5.74, 6) is -5.68. The third kappa shape index (κ3) is 12.4. The summed E-state index contributed by atoms with van der Waals surface area (Å²) in [6.45, 7) is 1.58. The van der Waals surface area contributed by atoms with Gasteiger partial charge in [0, 0.05) is 36.2 Å². The molecule has 24 heteroatoms. The molecule has 0 aliphatic carbocycles. The molecule has 2 fully saturated rings. The quantitative estimate of drug-likeness (QED) is 0.138. The summed E-state index contributed by atoms with van der Waals surface area (Å²) in [5, 5.41) is 28.4. The largest absolute Gasteiger partial charge is 0.478 e. The highest BCUT2D eigenvalue weighted by atomic mass is 35.5. The maximum Gasteiger partial charge on any atom is 0.340 e. The van der Waals surface area contributed by atoms with Gasteiger partial charge in [0.15, 0.2) is 0 Å². The van der Waals surface area contributed by atoms with E-state index in [0.29, 0.717) is 10.6 Å². The molecule has 4 aromatic rings. The first kappa shape index (κ1) is 49.6. The number of esters is 1. The molecule has 2 aliphatic heterocycles. The molecule has 0 bridgehead atoms. The molecule has 2 aromatic heterocycles. The number of nitriles is 2. The first-order valence-electron chi connectivity index (χ1n) is 19.2. The highest BCUT2D eigenvalue weighted by Gasteiger charge is 2.38. The van der Waals surface area contributed by atoms with E-state index < -0.39 is 80.3 Å². The maximum atomic E-state index is 13.5. The number of hydrogen-bond donors (Lipinski definition) is 3. The lowest BCUT2D eigenvalue weighted by atomic mass is 9.98. The van der Waals surface area contributed by atoms with Crippen molar-refractivity contribution in [3.8, 4) is 12.1 Å². The Labute approximate surface area is 381 Å². The molecule has 2 aromatic carbocycles. The van der Waals surface area contributed by atoms with E-state index in [2.05, 4.69) is 14.7 Å². The number of carboxylic acid groups (broad SMARTS) is 1. The van der Waals surface area contributed by atoms with Crippen molar-refractivity contribution >= 4 is 78.6 Å². The summed E-state index contributed by atoms with van der Waals surface area (Å²) in [4.78, 5) is 59.1. The van der Waals surface area contributed by atoms with Crippen LogP contribution in [-0.2, 0) is 59.2 Å². The van der Waals surface area contributed by atoms with Gasteiger partial charge < -0.3 is 19.6 Å². The van der Waals surface area contributed by atoms with Gasteiger partial charge in [-0.05, 0) is 49.2 Å². The molecular formula is C41H38Cl2F2N8O10S2. The van der Waals surface area contributed by atoms with Crippen LogP contribution in [0.3, 0.4) is 0 Å². The molecule has 0 atom stereocenters. The molecule has 65 heavy (non-hydrogen) atoms. The Morgan fingerprint density at radius 2 is 1.26 bits per heavy atom. The van der Waals surface area contributed by atoms with Crippen molar-refractivity contribution in [3.05, 3.63) is 115 Å². The number of benzene rings is 2. The van der Waals surface area contributed by atoms with Crippen LogP contribution in [-0.4, -0.2) is 88.4 Å². The number of aromatic carboxylic acids is 1. The number of halogens is 4. The van der Waals surface area contributed by atoms with Gasteiger partial charge in [-0.1, -0.05) is 59.1 Å². The number of hydrogen-bond acceptors (Lipinski definition) is 15. The number of alkyl halides is 2. The first-order chi connectivity index (χ1) is 30.7. The van der Waals surface area contributed by atoms with Crippen LogP contribution in [0.4, 0.5) is 20.4 Å². The van der Waals surface area contributed by atoms with E-state index in [1.807, 2.05) is 23.8 Å². The average molecular weight is 976 g/mol. The van der Waals surface area contributed by atoms with Crippen LogP contribution in [0.1, 0.15) is 66.8 Å². The highest BCUT2D eigenvalue weighted by Crippen LogP contribution is 2.31. The number of pyridine rings is 2. The summed E-state index contributed by atoms with van der Waals surface area (Å²) in [5.41, 5.74) is 0.678. The Balaban J connectivity index is 0.000000245. The number of nitrogens with zero attached hydrogens (tertiary/aromatic N) is 6. The van der Waals surface area contributed by atoms with Gasteiger partial charge in [-0.3, -0.25) is 19.0 Å². The van der Waals surface area contributed by atoms with Crippen LogP contribution in [0, 0.1) is 41.4 Å². The molecule has 2 saturated heterocycles. The van der Waals surface area contributed by atoms with Gasteiger partial charge >= 0.3 is 11.9 Å². The van der Waals surface area contributed by atoms with Crippen molar-refractivity contribution < 1.29 is 54.6 Å². The lowest BCUT2D eigenvalue weighted by Gasteiger charge is -2.39. The minimum absolute atomic E-state index is 0.00381. The summed E-state index contributed by atoms with van der Waals surface area (Å²) >= 11 is 11.8. The number of aryl methyl sites for hydroxylation is 1. The maximum absolute atomic E-state index is 13.5. The van der Waals surface area contributed by atoms with Crippen LogP contribution in [0.5, 0.6) is 0 Å². The number of carbonyl (C=O) groups is 4. The predicted octanol–water partition coefficient (Wildman–Crippen LogP) is 4.50. The van der Waals surface area contributed by atoms with E-state index in [4.69, 9.17) is 33.0 Å². The van der Waals surface area contributed by atoms with Crippen molar-refractivity contribution in [3.63, 3.8) is 0 Å². The van der Waals surface area contributed by atoms with Gasteiger partial charge in [0.2, 0.25) is 31.9 Å². The van der Waals surface area contributed by atoms with Crippen LogP contribution in [0.2, 0.25) is 10.0 Å². The normalized spacial score (nSPS) is 13.8. The van der Waals surface area contributed by atoms with Gasteiger partial charge in [0.1, 0.15) is 37.1 Å². The SMILES string of the molecule is CCOC(=O)c1cc(C#N)c(N2CC(C(=O)NS(=O)(=O)Cc3ccc(Cl)cc3Cl)C2)nc1CF.Cc1ccc(CS(=O)(=O)NC(=O)C2CN(c3nc(CF)c(C(=O)O)cc3C#N)C2)cc1. The Kier molecular flexibility index (Phi) is 16.0. The van der Waals surface area contributed by atoms with Crippen LogP contribution in [0.15, 0.2) is 54.6 Å². The number of carbonyl (C=O) groups excluding carboxylic acids is 3. The lowest BCUT2D eigenvalue weighted by molar-refractivity contribution is -0.124. The zero-order valence-electron chi connectivity index (χ0n) is 34.3. The molecular weight excluding hydrogens is 938 g/mol. The molecule has 0 radical (unpaired) electrons. The molecule has 2 aliphatic rings.